The van der Waals surface area contributed by atoms with Crippen molar-refractivity contribution in [3.05, 3.63) is 12.3 Å². The first-order valence-corrected chi connectivity index (χ1v) is 5.34. The van der Waals surface area contributed by atoms with E-state index in [0.29, 0.717) is 18.3 Å². The molecule has 3 aliphatic rings. The second kappa shape index (κ2) is 3.01. The zero-order chi connectivity index (χ0) is 9.54. The number of ether oxygens (including phenoxy) is 2. The second-order valence-corrected chi connectivity index (χ2v) is 4.47. The fourth-order valence-corrected chi connectivity index (χ4v) is 2.83. The molecule has 3 rings (SSSR count). The number of esters is 1. The molecule has 0 spiro atoms. The molecule has 0 amide bonds. The van der Waals surface area contributed by atoms with Crippen molar-refractivity contribution in [2.24, 2.45) is 11.8 Å². The molecule has 0 aromatic rings. The van der Waals surface area contributed by atoms with E-state index in [0.717, 1.165) is 19.3 Å². The van der Waals surface area contributed by atoms with Gasteiger partial charge in [-0.05, 0) is 24.8 Å². The topological polar surface area (TPSA) is 35.5 Å². The highest BCUT2D eigenvalue weighted by Crippen LogP contribution is 2.40. The van der Waals surface area contributed by atoms with Gasteiger partial charge in [-0.3, -0.25) is 4.79 Å². The number of carbonyl (C=O) groups excluding carboxylic acids is 1. The Balaban J connectivity index is 1.74. The van der Waals surface area contributed by atoms with Gasteiger partial charge in [0.05, 0.1) is 6.26 Å². The molecule has 76 valence electrons. The summed E-state index contributed by atoms with van der Waals surface area (Å²) < 4.78 is 10.8. The maximum absolute atomic E-state index is 11.1. The van der Waals surface area contributed by atoms with Gasteiger partial charge in [-0.15, -0.1) is 0 Å². The lowest BCUT2D eigenvalue weighted by Gasteiger charge is -2.39. The highest BCUT2D eigenvalue weighted by molar-refractivity contribution is 5.70. The largest absolute Gasteiger partial charge is 0.498 e. The summed E-state index contributed by atoms with van der Waals surface area (Å²) in [6, 6.07) is 0. The first kappa shape index (κ1) is 8.33. The van der Waals surface area contributed by atoms with Crippen LogP contribution in [0.25, 0.3) is 0 Å². The van der Waals surface area contributed by atoms with Crippen molar-refractivity contribution >= 4 is 5.97 Å². The van der Waals surface area contributed by atoms with Crippen LogP contribution in [0.5, 0.6) is 0 Å². The predicted octanol–water partition coefficient (Wildman–Crippen LogP) is 1.63. The molecule has 3 heteroatoms. The van der Waals surface area contributed by atoms with Crippen molar-refractivity contribution < 1.29 is 14.3 Å². The van der Waals surface area contributed by atoms with Crippen LogP contribution >= 0.6 is 0 Å². The molecule has 0 radical (unpaired) electrons. The molecule has 4 unspecified atom stereocenters. The zero-order valence-electron chi connectivity index (χ0n) is 8.02. The van der Waals surface area contributed by atoms with Crippen LogP contribution in [-0.2, 0) is 14.3 Å². The quantitative estimate of drug-likeness (QED) is 0.550. The van der Waals surface area contributed by atoms with Crippen LogP contribution in [0.2, 0.25) is 0 Å². The minimum absolute atomic E-state index is 0.0318. The van der Waals surface area contributed by atoms with Gasteiger partial charge in [0.2, 0.25) is 0 Å². The molecule has 14 heavy (non-hydrogen) atoms. The van der Waals surface area contributed by atoms with Gasteiger partial charge in [-0.25, -0.2) is 0 Å². The fraction of sp³-hybridized carbons (Fsp3) is 0.727. The molecule has 2 heterocycles. The van der Waals surface area contributed by atoms with Crippen molar-refractivity contribution in [2.75, 3.05) is 0 Å². The smallest absolute Gasteiger partial charge is 0.306 e. The average Bonchev–Trinajstić information content (AvgIpc) is 2.61. The SMILES string of the molecule is O=C1CCC2CC3C=COC3CC2O1. The normalized spacial score (nSPS) is 45.0. The molecule has 1 saturated heterocycles. The summed E-state index contributed by atoms with van der Waals surface area (Å²) in [7, 11) is 0. The lowest BCUT2D eigenvalue weighted by molar-refractivity contribution is -0.164. The molecule has 4 atom stereocenters. The Labute approximate surface area is 83.1 Å². The lowest BCUT2D eigenvalue weighted by Crippen LogP contribution is -2.42. The van der Waals surface area contributed by atoms with Crippen molar-refractivity contribution in [2.45, 2.75) is 37.9 Å². The lowest BCUT2D eigenvalue weighted by atomic mass is 9.75. The van der Waals surface area contributed by atoms with Gasteiger partial charge >= 0.3 is 5.97 Å². The molecule has 1 aliphatic carbocycles. The number of rotatable bonds is 0. The van der Waals surface area contributed by atoms with Crippen LogP contribution in [0.15, 0.2) is 12.3 Å². The fourth-order valence-electron chi connectivity index (χ4n) is 2.83. The van der Waals surface area contributed by atoms with Gasteiger partial charge < -0.3 is 9.47 Å². The summed E-state index contributed by atoms with van der Waals surface area (Å²) in [6.45, 7) is 0. The Morgan fingerprint density at radius 3 is 3.14 bits per heavy atom. The molecule has 0 aromatic carbocycles. The summed E-state index contributed by atoms with van der Waals surface area (Å²) in [5, 5.41) is 0. The van der Waals surface area contributed by atoms with Gasteiger partial charge in [-0.1, -0.05) is 0 Å². The third-order valence-corrected chi connectivity index (χ3v) is 3.62. The molecule has 0 aromatic heterocycles. The first-order valence-electron chi connectivity index (χ1n) is 5.34. The molecule has 1 saturated carbocycles. The predicted molar refractivity (Wildman–Crippen MR) is 49.3 cm³/mol. The number of hydrogen-bond acceptors (Lipinski definition) is 3. The zero-order valence-corrected chi connectivity index (χ0v) is 8.02. The summed E-state index contributed by atoms with van der Waals surface area (Å²) in [5.74, 6) is 1.10. The summed E-state index contributed by atoms with van der Waals surface area (Å²) in [5.41, 5.74) is 0. The maximum Gasteiger partial charge on any atom is 0.306 e. The van der Waals surface area contributed by atoms with E-state index < -0.39 is 0 Å². The van der Waals surface area contributed by atoms with E-state index in [4.69, 9.17) is 9.47 Å². The maximum atomic E-state index is 11.1. The number of hydrogen-bond donors (Lipinski definition) is 0. The van der Waals surface area contributed by atoms with E-state index in [2.05, 4.69) is 6.08 Å². The van der Waals surface area contributed by atoms with E-state index in [9.17, 15) is 4.79 Å². The Bertz CT molecular complexity index is 284. The summed E-state index contributed by atoms with van der Waals surface area (Å²) in [6.07, 6.45) is 7.95. The monoisotopic (exact) mass is 194 g/mol. The van der Waals surface area contributed by atoms with Gasteiger partial charge in [0, 0.05) is 18.8 Å². The van der Waals surface area contributed by atoms with Crippen molar-refractivity contribution in [1.82, 2.24) is 0 Å². The van der Waals surface area contributed by atoms with Gasteiger partial charge in [0.25, 0.3) is 0 Å². The van der Waals surface area contributed by atoms with Crippen LogP contribution in [0.3, 0.4) is 0 Å². The molecule has 3 nitrogen and oxygen atoms in total. The summed E-state index contributed by atoms with van der Waals surface area (Å²) in [4.78, 5) is 11.1. The van der Waals surface area contributed by atoms with Crippen LogP contribution in [0, 0.1) is 11.8 Å². The third kappa shape index (κ3) is 1.22. The minimum Gasteiger partial charge on any atom is -0.498 e. The number of carbonyl (C=O) groups is 1. The van der Waals surface area contributed by atoms with Crippen LogP contribution < -0.4 is 0 Å². The molecular formula is C11H14O3. The van der Waals surface area contributed by atoms with E-state index in [1.807, 2.05) is 0 Å². The van der Waals surface area contributed by atoms with E-state index in [1.165, 1.54) is 0 Å². The van der Waals surface area contributed by atoms with Gasteiger partial charge in [-0.2, -0.15) is 0 Å². The number of fused-ring (bicyclic) bond motifs is 2. The van der Waals surface area contributed by atoms with Crippen LogP contribution in [0.4, 0.5) is 0 Å². The molecule has 0 bridgehead atoms. The minimum atomic E-state index is -0.0318. The first-order chi connectivity index (χ1) is 6.83. The Morgan fingerprint density at radius 2 is 2.21 bits per heavy atom. The Morgan fingerprint density at radius 1 is 1.29 bits per heavy atom. The average molecular weight is 194 g/mol. The van der Waals surface area contributed by atoms with Crippen LogP contribution in [-0.4, -0.2) is 18.2 Å². The second-order valence-electron chi connectivity index (χ2n) is 4.47. The van der Waals surface area contributed by atoms with Crippen molar-refractivity contribution in [3.63, 3.8) is 0 Å². The van der Waals surface area contributed by atoms with Crippen molar-refractivity contribution in [1.29, 1.82) is 0 Å². The Hall–Kier alpha value is -0.990. The van der Waals surface area contributed by atoms with E-state index >= 15 is 0 Å². The Kier molecular flexibility index (Phi) is 1.79. The van der Waals surface area contributed by atoms with E-state index in [1.54, 1.807) is 6.26 Å². The van der Waals surface area contributed by atoms with Gasteiger partial charge in [0.15, 0.2) is 0 Å². The standard InChI is InChI=1S/C11H14O3/c12-11-2-1-7-5-8-3-4-13-9(8)6-10(7)14-11/h3-4,7-10H,1-2,5-6H2. The molecule has 0 N–H and O–H groups in total. The molecular weight excluding hydrogens is 180 g/mol. The van der Waals surface area contributed by atoms with E-state index in [-0.39, 0.29) is 18.2 Å². The third-order valence-electron chi connectivity index (χ3n) is 3.62. The van der Waals surface area contributed by atoms with Crippen LogP contribution in [0.1, 0.15) is 25.7 Å². The van der Waals surface area contributed by atoms with Crippen molar-refractivity contribution in [3.8, 4) is 0 Å². The highest BCUT2D eigenvalue weighted by Gasteiger charge is 2.42. The molecule has 2 aliphatic heterocycles. The van der Waals surface area contributed by atoms with Gasteiger partial charge in [0.1, 0.15) is 12.2 Å². The highest BCUT2D eigenvalue weighted by atomic mass is 16.5. The molecule has 2 fully saturated rings. The summed E-state index contributed by atoms with van der Waals surface area (Å²) >= 11 is 0.